The van der Waals surface area contributed by atoms with Crippen molar-refractivity contribution < 1.29 is 9.47 Å². The number of nitrogens with zero attached hydrogens (tertiary/aromatic N) is 2. The molecule has 0 aliphatic heterocycles. The largest absolute Gasteiger partial charge is 0.380 e. The van der Waals surface area contributed by atoms with Crippen molar-refractivity contribution in [1.29, 1.82) is 5.26 Å². The highest BCUT2D eigenvalue weighted by molar-refractivity contribution is 4.92. The highest BCUT2D eigenvalue weighted by Gasteiger charge is 2.18. The molecule has 0 aromatic heterocycles. The van der Waals surface area contributed by atoms with E-state index in [1.807, 2.05) is 27.7 Å². The van der Waals surface area contributed by atoms with Gasteiger partial charge in [0.05, 0.1) is 24.7 Å². The van der Waals surface area contributed by atoms with Gasteiger partial charge in [0.15, 0.2) is 0 Å². The molecule has 0 unspecified atom stereocenters. The van der Waals surface area contributed by atoms with E-state index in [1.165, 1.54) is 0 Å². The molecule has 0 spiro atoms. The lowest BCUT2D eigenvalue weighted by atomic mass is 9.91. The van der Waals surface area contributed by atoms with Crippen molar-refractivity contribution in [2.45, 2.75) is 34.1 Å². The lowest BCUT2D eigenvalue weighted by Gasteiger charge is -2.25. The third-order valence-corrected chi connectivity index (χ3v) is 2.87. The van der Waals surface area contributed by atoms with Crippen molar-refractivity contribution in [2.75, 3.05) is 46.1 Å². The molecule has 106 valence electrons. The van der Waals surface area contributed by atoms with Crippen LogP contribution in [0.4, 0.5) is 0 Å². The van der Waals surface area contributed by atoms with Crippen LogP contribution in [-0.2, 0) is 9.47 Å². The first-order valence-corrected chi connectivity index (χ1v) is 6.84. The molecule has 0 aromatic carbocycles. The minimum absolute atomic E-state index is 0.254. The molecular formula is C14H28N2O2. The number of nitriles is 1. The van der Waals surface area contributed by atoms with Crippen molar-refractivity contribution in [1.82, 2.24) is 4.90 Å². The van der Waals surface area contributed by atoms with Gasteiger partial charge in [0, 0.05) is 26.3 Å². The Balaban J connectivity index is 3.99. The van der Waals surface area contributed by atoms with Crippen LogP contribution >= 0.6 is 0 Å². The van der Waals surface area contributed by atoms with Crippen LogP contribution < -0.4 is 0 Å². The Kier molecular flexibility index (Phi) is 9.95. The highest BCUT2D eigenvalue weighted by Crippen LogP contribution is 2.18. The lowest BCUT2D eigenvalue weighted by molar-refractivity contribution is 0.0792. The monoisotopic (exact) mass is 256 g/mol. The maximum atomic E-state index is 9.02. The molecule has 0 amide bonds. The first kappa shape index (κ1) is 17.4. The van der Waals surface area contributed by atoms with E-state index >= 15 is 0 Å². The van der Waals surface area contributed by atoms with Crippen LogP contribution in [0.3, 0.4) is 0 Å². The zero-order valence-corrected chi connectivity index (χ0v) is 12.4. The second-order valence-corrected chi connectivity index (χ2v) is 4.98. The molecular weight excluding hydrogens is 228 g/mol. The van der Waals surface area contributed by atoms with Gasteiger partial charge in [0.2, 0.25) is 0 Å². The third-order valence-electron chi connectivity index (χ3n) is 2.87. The summed E-state index contributed by atoms with van der Waals surface area (Å²) in [6.07, 6.45) is 0.877. The summed E-state index contributed by atoms with van der Waals surface area (Å²) >= 11 is 0. The molecule has 0 atom stereocenters. The molecule has 0 saturated carbocycles. The SMILES string of the molecule is CCOCCN(CCOCC)CCC(C)(C)C#N. The lowest BCUT2D eigenvalue weighted by Crippen LogP contribution is -2.34. The predicted molar refractivity (Wildman–Crippen MR) is 73.4 cm³/mol. The fourth-order valence-electron chi connectivity index (χ4n) is 1.50. The maximum Gasteiger partial charge on any atom is 0.0684 e. The minimum Gasteiger partial charge on any atom is -0.380 e. The molecule has 0 saturated heterocycles. The topological polar surface area (TPSA) is 45.5 Å². The molecule has 0 radical (unpaired) electrons. The van der Waals surface area contributed by atoms with Gasteiger partial charge in [0.1, 0.15) is 0 Å². The number of hydrogen-bond acceptors (Lipinski definition) is 4. The molecule has 0 aliphatic carbocycles. The maximum absolute atomic E-state index is 9.02. The molecule has 18 heavy (non-hydrogen) atoms. The van der Waals surface area contributed by atoms with Gasteiger partial charge in [-0.15, -0.1) is 0 Å². The first-order chi connectivity index (χ1) is 8.55. The summed E-state index contributed by atoms with van der Waals surface area (Å²) in [6, 6.07) is 2.34. The average molecular weight is 256 g/mol. The third kappa shape index (κ3) is 9.41. The van der Waals surface area contributed by atoms with E-state index in [0.717, 1.165) is 52.5 Å². The molecule has 4 nitrogen and oxygen atoms in total. The minimum atomic E-state index is -0.254. The van der Waals surface area contributed by atoms with Crippen molar-refractivity contribution in [3.05, 3.63) is 0 Å². The Morgan fingerprint density at radius 1 is 1.00 bits per heavy atom. The number of rotatable bonds is 11. The fourth-order valence-corrected chi connectivity index (χ4v) is 1.50. The van der Waals surface area contributed by atoms with E-state index < -0.39 is 0 Å². The van der Waals surface area contributed by atoms with Crippen LogP contribution in [0, 0.1) is 16.7 Å². The van der Waals surface area contributed by atoms with Gasteiger partial charge >= 0.3 is 0 Å². The van der Waals surface area contributed by atoms with Crippen LogP contribution in [0.1, 0.15) is 34.1 Å². The van der Waals surface area contributed by atoms with Gasteiger partial charge in [-0.3, -0.25) is 4.90 Å². The van der Waals surface area contributed by atoms with Crippen molar-refractivity contribution in [3.8, 4) is 6.07 Å². The molecule has 4 heteroatoms. The van der Waals surface area contributed by atoms with Gasteiger partial charge in [-0.25, -0.2) is 0 Å². The summed E-state index contributed by atoms with van der Waals surface area (Å²) in [4.78, 5) is 2.31. The summed E-state index contributed by atoms with van der Waals surface area (Å²) in [7, 11) is 0. The van der Waals surface area contributed by atoms with Crippen LogP contribution in [0.2, 0.25) is 0 Å². The van der Waals surface area contributed by atoms with Crippen LogP contribution in [-0.4, -0.2) is 51.0 Å². The highest BCUT2D eigenvalue weighted by atomic mass is 16.5. The normalized spacial score (nSPS) is 11.8. The smallest absolute Gasteiger partial charge is 0.0684 e. The van der Waals surface area contributed by atoms with Gasteiger partial charge in [-0.2, -0.15) is 5.26 Å². The molecule has 0 rings (SSSR count). The van der Waals surface area contributed by atoms with Crippen molar-refractivity contribution >= 4 is 0 Å². The zero-order chi connectivity index (χ0) is 13.9. The fraction of sp³-hybridized carbons (Fsp3) is 0.929. The number of ether oxygens (including phenoxy) is 2. The summed E-state index contributed by atoms with van der Waals surface area (Å²) in [5, 5.41) is 9.02. The van der Waals surface area contributed by atoms with E-state index in [-0.39, 0.29) is 5.41 Å². The van der Waals surface area contributed by atoms with Gasteiger partial charge in [-0.1, -0.05) is 0 Å². The Morgan fingerprint density at radius 3 is 1.89 bits per heavy atom. The van der Waals surface area contributed by atoms with Gasteiger partial charge < -0.3 is 9.47 Å². The standard InChI is InChI=1S/C14H28N2O2/c1-5-17-11-9-16(10-12-18-6-2)8-7-14(3,4)13-15/h5-12H2,1-4H3. The van der Waals surface area contributed by atoms with E-state index in [2.05, 4.69) is 11.0 Å². The molecule has 0 N–H and O–H groups in total. The summed E-state index contributed by atoms with van der Waals surface area (Å²) in [6.45, 7) is 13.7. The Morgan fingerprint density at radius 2 is 1.50 bits per heavy atom. The van der Waals surface area contributed by atoms with Crippen LogP contribution in [0.25, 0.3) is 0 Å². The van der Waals surface area contributed by atoms with E-state index in [4.69, 9.17) is 14.7 Å². The molecule has 0 heterocycles. The molecule has 0 aromatic rings. The summed E-state index contributed by atoms with van der Waals surface area (Å²) in [5.74, 6) is 0. The van der Waals surface area contributed by atoms with E-state index in [0.29, 0.717) is 0 Å². The molecule has 0 fully saturated rings. The first-order valence-electron chi connectivity index (χ1n) is 6.84. The van der Waals surface area contributed by atoms with Crippen LogP contribution in [0.5, 0.6) is 0 Å². The molecule has 0 aliphatic rings. The average Bonchev–Trinajstić information content (AvgIpc) is 2.36. The second-order valence-electron chi connectivity index (χ2n) is 4.98. The molecule has 0 bridgehead atoms. The zero-order valence-electron chi connectivity index (χ0n) is 12.4. The Bertz CT molecular complexity index is 226. The predicted octanol–water partition coefficient (Wildman–Crippen LogP) is 2.30. The van der Waals surface area contributed by atoms with E-state index in [9.17, 15) is 0 Å². The van der Waals surface area contributed by atoms with Crippen LogP contribution in [0.15, 0.2) is 0 Å². The van der Waals surface area contributed by atoms with E-state index in [1.54, 1.807) is 0 Å². The Labute approximate surface area is 112 Å². The van der Waals surface area contributed by atoms with Crippen molar-refractivity contribution in [3.63, 3.8) is 0 Å². The summed E-state index contributed by atoms with van der Waals surface area (Å²) in [5.41, 5.74) is -0.254. The van der Waals surface area contributed by atoms with Gasteiger partial charge in [-0.05, 0) is 40.7 Å². The van der Waals surface area contributed by atoms with Crippen molar-refractivity contribution in [2.24, 2.45) is 5.41 Å². The summed E-state index contributed by atoms with van der Waals surface area (Å²) < 4.78 is 10.8. The Hall–Kier alpha value is -0.630. The second kappa shape index (κ2) is 10.3. The van der Waals surface area contributed by atoms with Gasteiger partial charge in [0.25, 0.3) is 0 Å². The number of hydrogen-bond donors (Lipinski definition) is 0. The quantitative estimate of drug-likeness (QED) is 0.532.